The minimum atomic E-state index is 0.344. The number of rotatable bonds is 2. The van der Waals surface area contributed by atoms with E-state index >= 15 is 0 Å². The maximum Gasteiger partial charge on any atom is 0.316 e. The van der Waals surface area contributed by atoms with E-state index in [1.165, 1.54) is 0 Å². The molecular formula is C17H15N3O3. The van der Waals surface area contributed by atoms with Crippen molar-refractivity contribution in [1.29, 1.82) is 0 Å². The number of anilines is 1. The van der Waals surface area contributed by atoms with Crippen LogP contribution < -0.4 is 14.9 Å². The average molecular weight is 309 g/mol. The summed E-state index contributed by atoms with van der Waals surface area (Å²) in [4.78, 5) is 4.31. The number of hydrazone groups is 1. The molecule has 23 heavy (non-hydrogen) atoms. The molecule has 1 aliphatic rings. The van der Waals surface area contributed by atoms with Crippen LogP contribution in [0.3, 0.4) is 0 Å². The first-order chi connectivity index (χ1) is 11.3. The summed E-state index contributed by atoms with van der Waals surface area (Å²) >= 11 is 0. The Morgan fingerprint density at radius 2 is 1.87 bits per heavy atom. The lowest BCUT2D eigenvalue weighted by Crippen LogP contribution is -2.18. The van der Waals surface area contributed by atoms with Crippen molar-refractivity contribution < 1.29 is 13.9 Å². The van der Waals surface area contributed by atoms with E-state index in [2.05, 4.69) is 15.5 Å². The predicted octanol–water partition coefficient (Wildman–Crippen LogP) is 3.38. The largest absolute Gasteiger partial charge is 0.484 e. The van der Waals surface area contributed by atoms with Gasteiger partial charge in [-0.3, -0.25) is 0 Å². The van der Waals surface area contributed by atoms with Crippen LogP contribution in [0.4, 0.5) is 6.01 Å². The van der Waals surface area contributed by atoms with Crippen LogP contribution in [0.5, 0.6) is 11.5 Å². The fourth-order valence-electron chi connectivity index (χ4n) is 2.32. The first-order valence-corrected chi connectivity index (χ1v) is 7.31. The molecular weight excluding hydrogens is 294 g/mol. The quantitative estimate of drug-likeness (QED) is 0.735. The highest BCUT2D eigenvalue weighted by atomic mass is 16.5. The first kappa shape index (κ1) is 13.6. The number of nitrogens with one attached hydrogen (secondary N) is 1. The number of ether oxygens (including phenoxy) is 2. The van der Waals surface area contributed by atoms with E-state index in [4.69, 9.17) is 13.9 Å². The molecule has 0 fully saturated rings. The van der Waals surface area contributed by atoms with Gasteiger partial charge in [0.05, 0.1) is 0 Å². The Morgan fingerprint density at radius 1 is 1.04 bits per heavy atom. The fourth-order valence-corrected chi connectivity index (χ4v) is 2.32. The van der Waals surface area contributed by atoms with E-state index < -0.39 is 0 Å². The zero-order valence-electron chi connectivity index (χ0n) is 12.6. The summed E-state index contributed by atoms with van der Waals surface area (Å²) in [6, 6.07) is 13.7. The smallest absolute Gasteiger partial charge is 0.316 e. The van der Waals surface area contributed by atoms with Crippen LogP contribution in [-0.4, -0.2) is 23.9 Å². The van der Waals surface area contributed by atoms with Gasteiger partial charge in [0.15, 0.2) is 17.1 Å². The summed E-state index contributed by atoms with van der Waals surface area (Å²) in [6.07, 6.45) is 0. The fraction of sp³-hybridized carbons (Fsp3) is 0.176. The topological polar surface area (TPSA) is 68.9 Å². The highest BCUT2D eigenvalue weighted by Gasteiger charge is 2.14. The Kier molecular flexibility index (Phi) is 3.34. The van der Waals surface area contributed by atoms with Crippen LogP contribution in [0, 0.1) is 6.92 Å². The number of para-hydroxylation sites is 2. The van der Waals surface area contributed by atoms with Gasteiger partial charge in [0.25, 0.3) is 0 Å². The summed E-state index contributed by atoms with van der Waals surface area (Å²) in [5, 5.41) is 4.27. The molecule has 1 aromatic heterocycles. The Bertz CT molecular complexity index is 853. The molecule has 2 heterocycles. The number of fused-ring (bicyclic) bond motifs is 2. The molecule has 0 atom stereocenters. The van der Waals surface area contributed by atoms with Crippen molar-refractivity contribution in [2.45, 2.75) is 6.92 Å². The molecule has 3 aromatic rings. The van der Waals surface area contributed by atoms with Crippen molar-refractivity contribution in [1.82, 2.24) is 4.98 Å². The summed E-state index contributed by atoms with van der Waals surface area (Å²) < 4.78 is 17.0. The van der Waals surface area contributed by atoms with Crippen LogP contribution in [0.1, 0.15) is 5.56 Å². The molecule has 0 amide bonds. The van der Waals surface area contributed by atoms with Crippen LogP contribution in [0.25, 0.3) is 11.1 Å². The molecule has 0 saturated carbocycles. The molecule has 0 aliphatic carbocycles. The number of aromatic nitrogens is 1. The molecule has 1 aliphatic heterocycles. The zero-order valence-corrected chi connectivity index (χ0v) is 12.6. The monoisotopic (exact) mass is 309 g/mol. The van der Waals surface area contributed by atoms with Crippen molar-refractivity contribution in [2.24, 2.45) is 5.10 Å². The van der Waals surface area contributed by atoms with Gasteiger partial charge >= 0.3 is 6.01 Å². The number of aryl methyl sites for hydroxylation is 1. The van der Waals surface area contributed by atoms with Crippen molar-refractivity contribution in [3.63, 3.8) is 0 Å². The third-order valence-electron chi connectivity index (χ3n) is 3.49. The summed E-state index contributed by atoms with van der Waals surface area (Å²) in [5.41, 5.74) is 6.16. The Hall–Kier alpha value is -3.02. The Morgan fingerprint density at radius 3 is 2.74 bits per heavy atom. The van der Waals surface area contributed by atoms with Crippen LogP contribution in [-0.2, 0) is 0 Å². The lowest BCUT2D eigenvalue weighted by Gasteiger charge is -2.06. The van der Waals surface area contributed by atoms with E-state index in [1.54, 1.807) is 0 Å². The zero-order chi connectivity index (χ0) is 15.6. The van der Waals surface area contributed by atoms with E-state index in [0.717, 1.165) is 28.3 Å². The molecule has 0 bridgehead atoms. The SMILES string of the molecule is Cc1ccc2c(c1)OC/C(=N/Nc1nc3ccccc3o1)CO2. The van der Waals surface area contributed by atoms with Crippen LogP contribution in [0.15, 0.2) is 52.0 Å². The number of hydrogen-bond donors (Lipinski definition) is 1. The van der Waals surface area contributed by atoms with Gasteiger partial charge in [0.2, 0.25) is 0 Å². The summed E-state index contributed by atoms with van der Waals surface area (Å²) in [6.45, 7) is 2.71. The molecule has 0 saturated heterocycles. The molecule has 6 heteroatoms. The highest BCUT2D eigenvalue weighted by molar-refractivity contribution is 5.88. The van der Waals surface area contributed by atoms with E-state index in [-0.39, 0.29) is 0 Å². The van der Waals surface area contributed by atoms with Crippen LogP contribution >= 0.6 is 0 Å². The number of hydrogen-bond acceptors (Lipinski definition) is 6. The average Bonchev–Trinajstić information content (AvgIpc) is 2.87. The predicted molar refractivity (Wildman–Crippen MR) is 87.2 cm³/mol. The van der Waals surface area contributed by atoms with Gasteiger partial charge in [-0.25, -0.2) is 5.43 Å². The van der Waals surface area contributed by atoms with Gasteiger partial charge in [-0.1, -0.05) is 18.2 Å². The van der Waals surface area contributed by atoms with Crippen LogP contribution in [0.2, 0.25) is 0 Å². The lowest BCUT2D eigenvalue weighted by atomic mass is 10.2. The highest BCUT2D eigenvalue weighted by Crippen LogP contribution is 2.29. The van der Waals surface area contributed by atoms with Crippen molar-refractivity contribution in [3.8, 4) is 11.5 Å². The van der Waals surface area contributed by atoms with Gasteiger partial charge in [0, 0.05) is 0 Å². The van der Waals surface area contributed by atoms with E-state index in [9.17, 15) is 0 Å². The molecule has 0 unspecified atom stereocenters. The second-order valence-electron chi connectivity index (χ2n) is 5.30. The van der Waals surface area contributed by atoms with Gasteiger partial charge in [-0.2, -0.15) is 10.1 Å². The molecule has 0 radical (unpaired) electrons. The Balaban J connectivity index is 1.49. The number of oxazole rings is 1. The van der Waals surface area contributed by atoms with Gasteiger partial charge in [-0.05, 0) is 36.8 Å². The minimum absolute atomic E-state index is 0.344. The maximum atomic E-state index is 5.74. The second kappa shape index (κ2) is 5.64. The van der Waals surface area contributed by atoms with Gasteiger partial charge < -0.3 is 13.9 Å². The van der Waals surface area contributed by atoms with Gasteiger partial charge in [-0.15, -0.1) is 0 Å². The van der Waals surface area contributed by atoms with E-state index in [1.807, 2.05) is 49.4 Å². The molecule has 2 aromatic carbocycles. The lowest BCUT2D eigenvalue weighted by molar-refractivity contribution is 0.354. The Labute approximate surface area is 132 Å². The third-order valence-corrected chi connectivity index (χ3v) is 3.49. The maximum absolute atomic E-state index is 5.74. The van der Waals surface area contributed by atoms with Crippen molar-refractivity contribution in [2.75, 3.05) is 18.6 Å². The first-order valence-electron chi connectivity index (χ1n) is 7.31. The molecule has 6 nitrogen and oxygen atoms in total. The normalized spacial score (nSPS) is 15.6. The number of benzene rings is 2. The number of nitrogens with zero attached hydrogens (tertiary/aromatic N) is 2. The molecule has 116 valence electrons. The van der Waals surface area contributed by atoms with Crippen molar-refractivity contribution in [3.05, 3.63) is 48.0 Å². The molecule has 0 spiro atoms. The second-order valence-corrected chi connectivity index (χ2v) is 5.30. The van der Waals surface area contributed by atoms with Gasteiger partial charge in [0.1, 0.15) is 24.4 Å². The molecule has 1 N–H and O–H groups in total. The summed E-state index contributed by atoms with van der Waals surface area (Å²) in [5.74, 6) is 1.46. The minimum Gasteiger partial charge on any atom is -0.484 e. The standard InChI is InChI=1S/C17H15N3O3/c1-11-6-7-15-16(8-11)22-10-12(9-21-15)19-20-17-18-13-4-2-3-5-14(13)23-17/h2-8H,9-10H2,1H3,(H,18,20)/b19-12+. The van der Waals surface area contributed by atoms with Crippen molar-refractivity contribution >= 4 is 22.8 Å². The summed E-state index contributed by atoms with van der Waals surface area (Å²) in [7, 11) is 0. The molecule has 4 rings (SSSR count). The third kappa shape index (κ3) is 2.83. The van der Waals surface area contributed by atoms with E-state index in [0.29, 0.717) is 24.8 Å².